The molecule has 1 N–H and O–H groups in total. The average molecular weight is 528 g/mol. The fraction of sp³-hybridized carbons (Fsp3) is 0.320. The first-order chi connectivity index (χ1) is 17.3. The van der Waals surface area contributed by atoms with Crippen molar-refractivity contribution in [3.05, 3.63) is 48.7 Å². The van der Waals surface area contributed by atoms with Crippen LogP contribution in [-0.2, 0) is 33.1 Å². The lowest BCUT2D eigenvalue weighted by Crippen LogP contribution is -2.25. The van der Waals surface area contributed by atoms with Crippen LogP contribution in [0.15, 0.2) is 53.6 Å². The first kappa shape index (κ1) is 26.2. The summed E-state index contributed by atoms with van der Waals surface area (Å²) in [5.41, 5.74) is -0.157. The van der Waals surface area contributed by atoms with E-state index in [9.17, 15) is 13.2 Å². The Morgan fingerprint density at radius 1 is 1.05 bits per heavy atom. The summed E-state index contributed by atoms with van der Waals surface area (Å²) >= 11 is 0. The number of fused-ring (bicyclic) bond motifs is 1. The molecule has 4 rings (SSSR count). The van der Waals surface area contributed by atoms with E-state index >= 15 is 0 Å². The average Bonchev–Trinajstić information content (AvgIpc) is 3.36. The Kier molecular flexibility index (Phi) is 6.98. The van der Waals surface area contributed by atoms with Gasteiger partial charge < -0.3 is 19.5 Å². The molecule has 0 atom stereocenters. The van der Waals surface area contributed by atoms with Crippen molar-refractivity contribution in [3.63, 3.8) is 0 Å². The van der Waals surface area contributed by atoms with Crippen LogP contribution < -0.4 is 14.8 Å². The number of rotatable bonds is 8. The Bertz CT molecular complexity index is 1550. The van der Waals surface area contributed by atoms with Crippen molar-refractivity contribution in [2.24, 2.45) is 12.5 Å². The number of sulfone groups is 1. The van der Waals surface area contributed by atoms with E-state index in [0.717, 1.165) is 6.26 Å². The molecule has 0 bridgehead atoms. The molecule has 2 aromatic carbocycles. The highest BCUT2D eigenvalue weighted by Gasteiger charge is 2.26. The summed E-state index contributed by atoms with van der Waals surface area (Å²) in [6.45, 7) is 5.41. The highest BCUT2D eigenvalue weighted by molar-refractivity contribution is 7.90. The molecule has 0 aliphatic heterocycles. The van der Waals surface area contributed by atoms with Gasteiger partial charge in [0.1, 0.15) is 23.7 Å². The molecule has 37 heavy (non-hydrogen) atoms. The summed E-state index contributed by atoms with van der Waals surface area (Å²) in [6, 6.07) is 11.1. The number of ether oxygens (including phenoxy) is 3. The number of nitrogens with one attached hydrogen (secondary N) is 1. The number of anilines is 2. The number of methoxy groups -OCH3 is 1. The second-order valence-corrected chi connectivity index (χ2v) is 11.6. The number of benzene rings is 2. The number of hydrogen-bond acceptors (Lipinski definition) is 9. The van der Waals surface area contributed by atoms with E-state index in [4.69, 9.17) is 14.2 Å². The molecule has 0 radical (unpaired) electrons. The number of hydrogen-bond donors (Lipinski definition) is 1. The topological polar surface area (TPSA) is 127 Å². The molecule has 11 nitrogen and oxygen atoms in total. The van der Waals surface area contributed by atoms with E-state index in [2.05, 4.69) is 15.5 Å². The van der Waals surface area contributed by atoms with Gasteiger partial charge in [-0.3, -0.25) is 9.48 Å². The number of carbonyl (C=O) groups is 1. The number of esters is 1. The second-order valence-electron chi connectivity index (χ2n) is 9.57. The molecule has 0 fully saturated rings. The first-order valence-corrected chi connectivity index (χ1v) is 13.2. The minimum Gasteiger partial charge on any atom is -0.455 e. The maximum atomic E-state index is 12.7. The molecule has 2 heterocycles. The molecular formula is C25H29N5O6S. The Morgan fingerprint density at radius 2 is 1.76 bits per heavy atom. The van der Waals surface area contributed by atoms with Crippen molar-refractivity contribution in [3.8, 4) is 17.2 Å². The largest absolute Gasteiger partial charge is 0.455 e. The van der Waals surface area contributed by atoms with Crippen LogP contribution in [0.1, 0.15) is 20.8 Å². The number of aromatic nitrogens is 4. The van der Waals surface area contributed by atoms with E-state index in [0.29, 0.717) is 34.0 Å². The minimum atomic E-state index is -3.36. The Balaban J connectivity index is 1.85. The van der Waals surface area contributed by atoms with Gasteiger partial charge in [-0.15, -0.1) is 0 Å². The SMILES string of the molecule is COCn1nc(Nc2ccn(C)n2)c2cc(OC(=O)C(C)(C)C)cc(Oc3ccc(S(C)(=O)=O)cc3)c21. The van der Waals surface area contributed by atoms with Crippen LogP contribution in [0.5, 0.6) is 17.2 Å². The van der Waals surface area contributed by atoms with Gasteiger partial charge in [0.25, 0.3) is 0 Å². The summed E-state index contributed by atoms with van der Waals surface area (Å²) in [5.74, 6) is 1.59. The minimum absolute atomic E-state index is 0.116. The molecule has 12 heteroatoms. The molecule has 0 aliphatic carbocycles. The summed E-state index contributed by atoms with van der Waals surface area (Å²) < 4.78 is 44.2. The fourth-order valence-electron chi connectivity index (χ4n) is 3.44. The predicted molar refractivity (Wildman–Crippen MR) is 138 cm³/mol. The van der Waals surface area contributed by atoms with Crippen molar-refractivity contribution in [1.29, 1.82) is 0 Å². The zero-order valence-electron chi connectivity index (χ0n) is 21.5. The number of nitrogens with zero attached hydrogens (tertiary/aromatic N) is 4. The summed E-state index contributed by atoms with van der Waals surface area (Å²) in [4.78, 5) is 12.8. The number of carbonyl (C=O) groups excluding carboxylic acids is 1. The van der Waals surface area contributed by atoms with Crippen LogP contribution in [0, 0.1) is 5.41 Å². The van der Waals surface area contributed by atoms with Gasteiger partial charge >= 0.3 is 5.97 Å². The molecular weight excluding hydrogens is 498 g/mol. The Morgan fingerprint density at radius 3 is 2.32 bits per heavy atom. The van der Waals surface area contributed by atoms with Crippen LogP contribution in [0.2, 0.25) is 0 Å². The highest BCUT2D eigenvalue weighted by atomic mass is 32.2. The van der Waals surface area contributed by atoms with Crippen molar-refractivity contribution in [2.75, 3.05) is 18.7 Å². The van der Waals surface area contributed by atoms with Crippen LogP contribution >= 0.6 is 0 Å². The van der Waals surface area contributed by atoms with Crippen LogP contribution in [0.4, 0.5) is 11.6 Å². The van der Waals surface area contributed by atoms with E-state index in [1.807, 2.05) is 0 Å². The van der Waals surface area contributed by atoms with Gasteiger partial charge in [-0.05, 0) is 51.1 Å². The second kappa shape index (κ2) is 9.87. The summed E-state index contributed by atoms with van der Waals surface area (Å²) in [7, 11) is -0.0113. The zero-order valence-corrected chi connectivity index (χ0v) is 22.3. The molecule has 0 spiro atoms. The third-order valence-corrected chi connectivity index (χ3v) is 6.42. The van der Waals surface area contributed by atoms with Crippen molar-refractivity contribution in [2.45, 2.75) is 32.4 Å². The quantitative estimate of drug-likeness (QED) is 0.264. The summed E-state index contributed by atoms with van der Waals surface area (Å²) in [5, 5.41) is 12.8. The van der Waals surface area contributed by atoms with Gasteiger partial charge in [-0.25, -0.2) is 13.1 Å². The van der Waals surface area contributed by atoms with Crippen molar-refractivity contribution < 1.29 is 27.4 Å². The monoisotopic (exact) mass is 527 g/mol. The lowest BCUT2D eigenvalue weighted by atomic mass is 9.97. The zero-order chi connectivity index (χ0) is 27.0. The van der Waals surface area contributed by atoms with Crippen LogP contribution in [-0.4, -0.2) is 47.3 Å². The molecule has 2 aromatic heterocycles. The lowest BCUT2D eigenvalue weighted by molar-refractivity contribution is -0.142. The molecule has 0 unspecified atom stereocenters. The smallest absolute Gasteiger partial charge is 0.316 e. The predicted octanol–water partition coefficient (Wildman–Crippen LogP) is 4.26. The van der Waals surface area contributed by atoms with Gasteiger partial charge in [0.2, 0.25) is 0 Å². The third-order valence-electron chi connectivity index (χ3n) is 5.30. The fourth-order valence-corrected chi connectivity index (χ4v) is 4.07. The van der Waals surface area contributed by atoms with Gasteiger partial charge in [0.05, 0.1) is 15.7 Å². The standard InChI is InChI=1S/C25H29N5O6S/c1-25(2,3)24(31)36-17-13-19-22(20(14-17)35-16-7-9-18(10-8-16)37(6,32)33)30(15-34-5)28-23(19)26-21-11-12-29(4)27-21/h7-14H,15H2,1-6H3,(H,26,27,28). The lowest BCUT2D eigenvalue weighted by Gasteiger charge is -2.17. The molecule has 0 aliphatic rings. The number of aryl methyl sites for hydroxylation is 1. The molecule has 0 saturated carbocycles. The van der Waals surface area contributed by atoms with Crippen molar-refractivity contribution in [1.82, 2.24) is 19.6 Å². The first-order valence-electron chi connectivity index (χ1n) is 11.4. The normalized spacial score (nSPS) is 12.1. The molecule has 0 saturated heterocycles. The van der Waals surface area contributed by atoms with E-state index < -0.39 is 21.2 Å². The maximum Gasteiger partial charge on any atom is 0.316 e. The van der Waals surface area contributed by atoms with Gasteiger partial charge in [-0.2, -0.15) is 10.2 Å². The molecule has 196 valence electrons. The van der Waals surface area contributed by atoms with E-state index in [-0.39, 0.29) is 17.4 Å². The maximum absolute atomic E-state index is 12.7. The highest BCUT2D eigenvalue weighted by Crippen LogP contribution is 2.39. The van der Waals surface area contributed by atoms with Gasteiger partial charge in [0.15, 0.2) is 27.2 Å². The van der Waals surface area contributed by atoms with Crippen LogP contribution in [0.25, 0.3) is 10.9 Å². The van der Waals surface area contributed by atoms with Gasteiger partial charge in [0, 0.05) is 38.7 Å². The van der Waals surface area contributed by atoms with Gasteiger partial charge in [-0.1, -0.05) is 0 Å². The van der Waals surface area contributed by atoms with Crippen molar-refractivity contribution >= 4 is 38.3 Å². The Labute approximate surface area is 214 Å². The Hall–Kier alpha value is -3.90. The molecule has 0 amide bonds. The van der Waals surface area contributed by atoms with E-state index in [1.165, 1.54) is 12.1 Å². The third kappa shape index (κ3) is 5.92. The molecule has 4 aromatic rings. The summed E-state index contributed by atoms with van der Waals surface area (Å²) in [6.07, 6.45) is 2.93. The van der Waals surface area contributed by atoms with E-state index in [1.54, 1.807) is 80.8 Å². The van der Waals surface area contributed by atoms with Crippen LogP contribution in [0.3, 0.4) is 0 Å².